The smallest absolute Gasteiger partial charge is 0.0558 e. The van der Waals surface area contributed by atoms with Crippen LogP contribution in [0.1, 0.15) is 0 Å². The predicted molar refractivity (Wildman–Crippen MR) is 69.4 cm³/mol. The van der Waals surface area contributed by atoms with Gasteiger partial charge in [-0.15, -0.1) is 0 Å². The Labute approximate surface area is 109 Å². The van der Waals surface area contributed by atoms with Crippen molar-refractivity contribution in [2.45, 2.75) is 0 Å². The Morgan fingerprint density at radius 3 is 1.06 bits per heavy atom. The van der Waals surface area contributed by atoms with Crippen molar-refractivity contribution >= 4 is 0 Å². The van der Waals surface area contributed by atoms with Crippen LogP contribution in [0.15, 0.2) is 0 Å². The maximum Gasteiger partial charge on any atom is 0.0558 e. The molecule has 0 heterocycles. The zero-order valence-electron chi connectivity index (χ0n) is 11.2. The lowest BCUT2D eigenvalue weighted by Crippen LogP contribution is -2.32. The number of nitrogens with zero attached hydrogens (tertiary/aromatic N) is 2. The van der Waals surface area contributed by atoms with E-state index in [2.05, 4.69) is 0 Å². The summed E-state index contributed by atoms with van der Waals surface area (Å²) in [6.45, 7) is 3.36. The number of aliphatic hydroxyl groups is 5. The van der Waals surface area contributed by atoms with E-state index in [0.29, 0.717) is 32.7 Å². The molecule has 112 valence electrons. The second-order valence-electron chi connectivity index (χ2n) is 3.76. The van der Waals surface area contributed by atoms with Crippen molar-refractivity contribution in [2.24, 2.45) is 0 Å². The van der Waals surface area contributed by atoms with Crippen LogP contribution < -0.4 is 0 Å². The van der Waals surface area contributed by atoms with Crippen molar-refractivity contribution in [3.05, 3.63) is 0 Å². The summed E-state index contributed by atoms with van der Waals surface area (Å²) in [5, 5.41) is 42.1. The van der Waals surface area contributed by atoms with Gasteiger partial charge >= 0.3 is 0 Å². The average Bonchev–Trinajstić information content (AvgIpc) is 2.31. The number of aliphatic hydroxyl groups excluding tert-OH is 5. The summed E-state index contributed by atoms with van der Waals surface area (Å²) in [7, 11) is 1.85. The van der Waals surface area contributed by atoms with Gasteiger partial charge in [0.2, 0.25) is 0 Å². The summed E-state index contributed by atoms with van der Waals surface area (Å²) >= 11 is 0. The van der Waals surface area contributed by atoms with E-state index in [9.17, 15) is 0 Å². The average molecular weight is 268 g/mol. The van der Waals surface area contributed by atoms with Gasteiger partial charge in [0.1, 0.15) is 0 Å². The first-order valence-electron chi connectivity index (χ1n) is 6.11. The molecular weight excluding hydrogens is 240 g/mol. The normalized spacial score (nSPS) is 10.7. The molecule has 0 fully saturated rings. The fourth-order valence-corrected chi connectivity index (χ4v) is 1.21. The van der Waals surface area contributed by atoms with E-state index in [1.54, 1.807) is 4.90 Å². The van der Waals surface area contributed by atoms with Crippen molar-refractivity contribution in [1.29, 1.82) is 0 Å². The molecule has 7 heteroatoms. The Bertz CT molecular complexity index is 131. The molecular formula is C11H28N2O5. The predicted octanol–water partition coefficient (Wildman–Crippen LogP) is -2.83. The highest BCUT2D eigenvalue weighted by atomic mass is 16.3. The lowest BCUT2D eigenvalue weighted by Gasteiger charge is -2.17. The first kappa shape index (κ1) is 20.0. The van der Waals surface area contributed by atoms with Crippen LogP contribution in [0.4, 0.5) is 0 Å². The van der Waals surface area contributed by atoms with Gasteiger partial charge in [-0.05, 0) is 7.05 Å². The maximum absolute atomic E-state index is 8.48. The van der Waals surface area contributed by atoms with E-state index in [-0.39, 0.29) is 33.0 Å². The lowest BCUT2D eigenvalue weighted by molar-refractivity contribution is 0.136. The molecule has 0 aliphatic heterocycles. The maximum atomic E-state index is 8.48. The zero-order chi connectivity index (χ0) is 14.2. The van der Waals surface area contributed by atoms with Gasteiger partial charge in [0.05, 0.1) is 33.0 Å². The summed E-state index contributed by atoms with van der Waals surface area (Å²) < 4.78 is 0. The van der Waals surface area contributed by atoms with Gasteiger partial charge in [0, 0.05) is 32.7 Å². The molecule has 0 amide bonds. The molecule has 7 nitrogen and oxygen atoms in total. The van der Waals surface area contributed by atoms with E-state index in [0.717, 1.165) is 0 Å². The minimum atomic E-state index is 0.0694. The first-order chi connectivity index (χ1) is 8.65. The van der Waals surface area contributed by atoms with Gasteiger partial charge in [0.25, 0.3) is 0 Å². The van der Waals surface area contributed by atoms with Crippen molar-refractivity contribution in [3.8, 4) is 0 Å². The Balaban J connectivity index is 0. The molecule has 0 saturated carbocycles. The first-order valence-corrected chi connectivity index (χ1v) is 6.11. The van der Waals surface area contributed by atoms with Gasteiger partial charge in [0.15, 0.2) is 0 Å². The molecule has 18 heavy (non-hydrogen) atoms. The van der Waals surface area contributed by atoms with E-state index in [1.165, 1.54) is 0 Å². The van der Waals surface area contributed by atoms with Crippen molar-refractivity contribution in [2.75, 3.05) is 72.8 Å². The summed E-state index contributed by atoms with van der Waals surface area (Å²) in [6.07, 6.45) is 0. The molecule has 0 aromatic heterocycles. The highest BCUT2D eigenvalue weighted by Crippen LogP contribution is 1.84. The zero-order valence-corrected chi connectivity index (χ0v) is 11.2. The van der Waals surface area contributed by atoms with Crippen molar-refractivity contribution in [1.82, 2.24) is 9.80 Å². The van der Waals surface area contributed by atoms with Crippen LogP contribution in [0, 0.1) is 0 Å². The Kier molecular flexibility index (Phi) is 18.6. The number of hydrogen-bond donors (Lipinski definition) is 5. The second kappa shape index (κ2) is 16.7. The fraction of sp³-hybridized carbons (Fsp3) is 1.00. The number of hydrogen-bond acceptors (Lipinski definition) is 7. The third kappa shape index (κ3) is 15.7. The molecule has 0 saturated heterocycles. The molecule has 0 aromatic rings. The van der Waals surface area contributed by atoms with Crippen LogP contribution in [0.2, 0.25) is 0 Å². The van der Waals surface area contributed by atoms with Crippen LogP contribution in [0.25, 0.3) is 0 Å². The quantitative estimate of drug-likeness (QED) is 0.291. The van der Waals surface area contributed by atoms with Gasteiger partial charge in [-0.2, -0.15) is 0 Å². The van der Waals surface area contributed by atoms with Gasteiger partial charge in [-0.3, -0.25) is 4.90 Å². The summed E-state index contributed by atoms with van der Waals surface area (Å²) in [5.41, 5.74) is 0. The molecule has 5 N–H and O–H groups in total. The third-order valence-corrected chi connectivity index (χ3v) is 2.21. The van der Waals surface area contributed by atoms with Gasteiger partial charge in [-0.25, -0.2) is 0 Å². The van der Waals surface area contributed by atoms with Crippen LogP contribution in [-0.4, -0.2) is 108 Å². The molecule has 0 aromatic carbocycles. The van der Waals surface area contributed by atoms with E-state index >= 15 is 0 Å². The lowest BCUT2D eigenvalue weighted by atomic mass is 10.4. The molecule has 0 unspecified atom stereocenters. The van der Waals surface area contributed by atoms with Crippen LogP contribution in [0.3, 0.4) is 0 Å². The summed E-state index contributed by atoms with van der Waals surface area (Å²) in [5.74, 6) is 0. The van der Waals surface area contributed by atoms with Crippen LogP contribution in [-0.2, 0) is 0 Å². The van der Waals surface area contributed by atoms with Crippen molar-refractivity contribution < 1.29 is 25.5 Å². The summed E-state index contributed by atoms with van der Waals surface area (Å²) in [6, 6.07) is 0. The molecule has 0 spiro atoms. The minimum Gasteiger partial charge on any atom is -0.395 e. The van der Waals surface area contributed by atoms with Crippen LogP contribution >= 0.6 is 0 Å². The molecule has 0 aliphatic rings. The monoisotopic (exact) mass is 268 g/mol. The van der Waals surface area contributed by atoms with E-state index in [1.807, 2.05) is 11.9 Å². The number of likely N-dealkylation sites (N-methyl/N-ethyl adjacent to an activating group) is 1. The second-order valence-corrected chi connectivity index (χ2v) is 3.76. The molecule has 0 aliphatic carbocycles. The standard InChI is InChI=1S/C6H15NO3.C5H13NO2/c8-4-1-7(2-5-9)3-6-10;1-6(2-4-7)3-5-8/h8-10H,1-6H2;7-8H,2-5H2,1H3. The Morgan fingerprint density at radius 2 is 0.833 bits per heavy atom. The third-order valence-electron chi connectivity index (χ3n) is 2.21. The van der Waals surface area contributed by atoms with E-state index in [4.69, 9.17) is 25.5 Å². The minimum absolute atomic E-state index is 0.0694. The van der Waals surface area contributed by atoms with E-state index < -0.39 is 0 Å². The molecule has 0 bridgehead atoms. The van der Waals surface area contributed by atoms with Crippen molar-refractivity contribution in [3.63, 3.8) is 0 Å². The largest absolute Gasteiger partial charge is 0.395 e. The number of rotatable bonds is 10. The molecule has 0 atom stereocenters. The Morgan fingerprint density at radius 1 is 0.556 bits per heavy atom. The molecule has 0 radical (unpaired) electrons. The SMILES string of the molecule is CN(CCO)CCO.OCCN(CCO)CCO. The summed E-state index contributed by atoms with van der Waals surface area (Å²) in [4.78, 5) is 3.65. The van der Waals surface area contributed by atoms with Crippen LogP contribution in [0.5, 0.6) is 0 Å². The fourth-order valence-electron chi connectivity index (χ4n) is 1.21. The highest BCUT2D eigenvalue weighted by Gasteiger charge is 2.00. The van der Waals surface area contributed by atoms with Gasteiger partial charge in [-0.1, -0.05) is 0 Å². The highest BCUT2D eigenvalue weighted by molar-refractivity contribution is 4.54. The Hall–Kier alpha value is -0.280. The topological polar surface area (TPSA) is 108 Å². The molecule has 0 rings (SSSR count). The van der Waals surface area contributed by atoms with Gasteiger partial charge < -0.3 is 30.4 Å².